The van der Waals surface area contributed by atoms with Crippen LogP contribution in [0.15, 0.2) is 0 Å². The second kappa shape index (κ2) is 5.83. The van der Waals surface area contributed by atoms with Gasteiger partial charge in [0.15, 0.2) is 0 Å². The molecule has 0 aromatic rings. The Balaban J connectivity index is 2.56. The average molecular weight is 243 g/mol. The predicted octanol–water partition coefficient (Wildman–Crippen LogP) is 1.72. The first kappa shape index (κ1) is 14.5. The van der Waals surface area contributed by atoms with Crippen molar-refractivity contribution >= 4 is 5.97 Å². The Morgan fingerprint density at radius 2 is 2.00 bits per heavy atom. The highest BCUT2D eigenvalue weighted by molar-refractivity contribution is 5.81. The molecule has 0 heterocycles. The SMILES string of the molecule is CCOC(=O)C(N)(COC(C)C(C)C)C1CC1. The van der Waals surface area contributed by atoms with Crippen LogP contribution in [0.25, 0.3) is 0 Å². The maximum atomic E-state index is 11.9. The summed E-state index contributed by atoms with van der Waals surface area (Å²) in [4.78, 5) is 11.9. The molecule has 1 aliphatic rings. The van der Waals surface area contributed by atoms with E-state index in [0.717, 1.165) is 12.8 Å². The number of esters is 1. The lowest BCUT2D eigenvalue weighted by Crippen LogP contribution is -2.55. The van der Waals surface area contributed by atoms with Gasteiger partial charge in [0.25, 0.3) is 0 Å². The molecule has 0 radical (unpaired) electrons. The van der Waals surface area contributed by atoms with E-state index in [-0.39, 0.29) is 24.6 Å². The molecule has 0 aliphatic heterocycles. The van der Waals surface area contributed by atoms with Crippen molar-refractivity contribution in [3.8, 4) is 0 Å². The van der Waals surface area contributed by atoms with E-state index in [1.807, 2.05) is 6.92 Å². The molecule has 4 nitrogen and oxygen atoms in total. The predicted molar refractivity (Wildman–Crippen MR) is 66.5 cm³/mol. The highest BCUT2D eigenvalue weighted by Gasteiger charge is 2.49. The first-order chi connectivity index (χ1) is 7.91. The standard InChI is InChI=1S/C13H25NO3/c1-5-16-12(15)13(14,11-6-7-11)8-17-10(4)9(2)3/h9-11H,5-8,14H2,1-4H3. The van der Waals surface area contributed by atoms with Crippen molar-refractivity contribution < 1.29 is 14.3 Å². The highest BCUT2D eigenvalue weighted by atomic mass is 16.5. The van der Waals surface area contributed by atoms with Crippen LogP contribution in [0.5, 0.6) is 0 Å². The van der Waals surface area contributed by atoms with Crippen LogP contribution in [0.4, 0.5) is 0 Å². The van der Waals surface area contributed by atoms with Crippen LogP contribution in [-0.4, -0.2) is 30.8 Å². The highest BCUT2D eigenvalue weighted by Crippen LogP contribution is 2.39. The lowest BCUT2D eigenvalue weighted by molar-refractivity contribution is -0.154. The lowest BCUT2D eigenvalue weighted by atomic mass is 9.95. The van der Waals surface area contributed by atoms with E-state index in [1.165, 1.54) is 0 Å². The van der Waals surface area contributed by atoms with E-state index in [9.17, 15) is 4.79 Å². The first-order valence-electron chi connectivity index (χ1n) is 6.49. The molecule has 1 saturated carbocycles. The number of ether oxygens (including phenoxy) is 2. The lowest BCUT2D eigenvalue weighted by Gasteiger charge is -2.29. The zero-order valence-electron chi connectivity index (χ0n) is 11.4. The van der Waals surface area contributed by atoms with Gasteiger partial charge >= 0.3 is 5.97 Å². The molecule has 0 bridgehead atoms. The summed E-state index contributed by atoms with van der Waals surface area (Å²) in [5, 5.41) is 0. The molecule has 17 heavy (non-hydrogen) atoms. The van der Waals surface area contributed by atoms with Gasteiger partial charge in [0.05, 0.1) is 19.3 Å². The van der Waals surface area contributed by atoms with Gasteiger partial charge in [-0.25, -0.2) is 4.79 Å². The van der Waals surface area contributed by atoms with Crippen LogP contribution in [0.1, 0.15) is 40.5 Å². The number of rotatable bonds is 7. The monoisotopic (exact) mass is 243 g/mol. The molecule has 4 heteroatoms. The minimum Gasteiger partial charge on any atom is -0.465 e. The largest absolute Gasteiger partial charge is 0.465 e. The summed E-state index contributed by atoms with van der Waals surface area (Å²) in [5.74, 6) is 0.319. The Kier molecular flexibility index (Phi) is 4.95. The fourth-order valence-electron chi connectivity index (χ4n) is 1.67. The minimum absolute atomic E-state index is 0.103. The molecule has 100 valence electrons. The van der Waals surface area contributed by atoms with Crippen molar-refractivity contribution in [3.05, 3.63) is 0 Å². The van der Waals surface area contributed by atoms with Crippen LogP contribution >= 0.6 is 0 Å². The van der Waals surface area contributed by atoms with Gasteiger partial charge in [0.1, 0.15) is 5.54 Å². The molecule has 2 N–H and O–H groups in total. The van der Waals surface area contributed by atoms with Gasteiger partial charge in [-0.2, -0.15) is 0 Å². The summed E-state index contributed by atoms with van der Waals surface area (Å²) >= 11 is 0. The van der Waals surface area contributed by atoms with Gasteiger partial charge in [-0.15, -0.1) is 0 Å². The van der Waals surface area contributed by atoms with Crippen molar-refractivity contribution in [2.75, 3.05) is 13.2 Å². The van der Waals surface area contributed by atoms with E-state index in [2.05, 4.69) is 13.8 Å². The summed E-state index contributed by atoms with van der Waals surface area (Å²) in [6, 6.07) is 0. The summed E-state index contributed by atoms with van der Waals surface area (Å²) in [6.45, 7) is 8.60. The number of hydrogen-bond acceptors (Lipinski definition) is 4. The van der Waals surface area contributed by atoms with E-state index in [4.69, 9.17) is 15.2 Å². The van der Waals surface area contributed by atoms with Crippen molar-refractivity contribution in [2.24, 2.45) is 17.6 Å². The third kappa shape index (κ3) is 3.68. The van der Waals surface area contributed by atoms with Crippen molar-refractivity contribution in [1.82, 2.24) is 0 Å². The fraction of sp³-hybridized carbons (Fsp3) is 0.923. The summed E-state index contributed by atoms with van der Waals surface area (Å²) in [6.07, 6.45) is 2.09. The number of carbonyl (C=O) groups is 1. The van der Waals surface area contributed by atoms with Crippen LogP contribution in [0, 0.1) is 11.8 Å². The molecule has 2 unspecified atom stereocenters. The van der Waals surface area contributed by atoms with Gasteiger partial charge in [-0.1, -0.05) is 13.8 Å². The average Bonchev–Trinajstić information content (AvgIpc) is 3.09. The van der Waals surface area contributed by atoms with E-state index in [0.29, 0.717) is 12.5 Å². The molecule has 2 atom stereocenters. The van der Waals surface area contributed by atoms with Crippen molar-refractivity contribution in [1.29, 1.82) is 0 Å². The Morgan fingerprint density at radius 1 is 1.41 bits per heavy atom. The van der Waals surface area contributed by atoms with Crippen LogP contribution in [0.3, 0.4) is 0 Å². The smallest absolute Gasteiger partial charge is 0.328 e. The zero-order chi connectivity index (χ0) is 13.1. The Morgan fingerprint density at radius 3 is 2.41 bits per heavy atom. The Hall–Kier alpha value is -0.610. The van der Waals surface area contributed by atoms with E-state index < -0.39 is 5.54 Å². The Labute approximate surface area is 104 Å². The molecule has 0 aromatic carbocycles. The van der Waals surface area contributed by atoms with Gasteiger partial charge in [-0.05, 0) is 38.5 Å². The molecular weight excluding hydrogens is 218 g/mol. The summed E-state index contributed by atoms with van der Waals surface area (Å²) in [7, 11) is 0. The maximum absolute atomic E-state index is 11.9. The molecule has 0 amide bonds. The number of hydrogen-bond donors (Lipinski definition) is 1. The minimum atomic E-state index is -0.945. The van der Waals surface area contributed by atoms with Crippen molar-refractivity contribution in [3.63, 3.8) is 0 Å². The molecule has 0 saturated heterocycles. The van der Waals surface area contributed by atoms with Crippen LogP contribution < -0.4 is 5.73 Å². The van der Waals surface area contributed by atoms with Crippen LogP contribution in [0.2, 0.25) is 0 Å². The maximum Gasteiger partial charge on any atom is 0.328 e. The van der Waals surface area contributed by atoms with Gasteiger partial charge in [-0.3, -0.25) is 0 Å². The number of nitrogens with two attached hydrogens (primary N) is 1. The molecule has 1 rings (SSSR count). The summed E-state index contributed by atoms with van der Waals surface area (Å²) in [5.41, 5.74) is 5.24. The molecule has 0 aromatic heterocycles. The van der Waals surface area contributed by atoms with E-state index >= 15 is 0 Å². The molecule has 1 aliphatic carbocycles. The fourth-order valence-corrected chi connectivity index (χ4v) is 1.67. The molecule has 1 fully saturated rings. The quantitative estimate of drug-likeness (QED) is 0.692. The summed E-state index contributed by atoms with van der Waals surface area (Å²) < 4.78 is 10.8. The Bertz CT molecular complexity index is 263. The second-order valence-electron chi connectivity index (χ2n) is 5.30. The third-order valence-corrected chi connectivity index (χ3v) is 3.49. The van der Waals surface area contributed by atoms with Crippen LogP contribution in [-0.2, 0) is 14.3 Å². The van der Waals surface area contributed by atoms with Gasteiger partial charge in [0, 0.05) is 0 Å². The normalized spacial score (nSPS) is 21.1. The third-order valence-electron chi connectivity index (χ3n) is 3.49. The number of carbonyl (C=O) groups excluding carboxylic acids is 1. The zero-order valence-corrected chi connectivity index (χ0v) is 11.4. The first-order valence-corrected chi connectivity index (χ1v) is 6.49. The van der Waals surface area contributed by atoms with Crippen molar-refractivity contribution in [2.45, 2.75) is 52.2 Å². The molecule has 0 spiro atoms. The van der Waals surface area contributed by atoms with E-state index in [1.54, 1.807) is 6.92 Å². The second-order valence-corrected chi connectivity index (χ2v) is 5.30. The molecular formula is C13H25NO3. The van der Waals surface area contributed by atoms with Gasteiger partial charge in [0.2, 0.25) is 0 Å². The topological polar surface area (TPSA) is 61.5 Å². The van der Waals surface area contributed by atoms with Gasteiger partial charge < -0.3 is 15.2 Å².